The molecule has 6 nitrogen and oxygen atoms in total. The highest BCUT2D eigenvalue weighted by Crippen LogP contribution is 2.27. The van der Waals surface area contributed by atoms with Gasteiger partial charge in [0.25, 0.3) is 0 Å². The quantitative estimate of drug-likeness (QED) is 0.152. The molecule has 272 valence electrons. The zero-order chi connectivity index (χ0) is 38.4. The Morgan fingerprint density at radius 3 is 0.552 bits per heavy atom. The maximum absolute atomic E-state index is 5.25. The molecule has 0 spiro atoms. The lowest BCUT2D eigenvalue weighted by Gasteiger charge is -2.10. The summed E-state index contributed by atoms with van der Waals surface area (Å²) >= 11 is 0. The summed E-state index contributed by atoms with van der Waals surface area (Å²) in [6, 6.07) is 66.7. The number of nitrogens with zero attached hydrogens (tertiary/aromatic N) is 4. The summed E-state index contributed by atoms with van der Waals surface area (Å²) in [6.07, 6.45) is 0. The van der Waals surface area contributed by atoms with Gasteiger partial charge in [0.05, 0.1) is 44.2 Å². The molecule has 14 aliphatic rings. The molecule has 0 unspecified atom stereocenters. The van der Waals surface area contributed by atoms with Crippen molar-refractivity contribution in [2.24, 2.45) is 20.0 Å². The third kappa shape index (κ3) is 6.10. The maximum Gasteiger partial charge on any atom is 0.0795 e. The molecular formula is C52H34N6. The third-order valence-corrected chi connectivity index (χ3v) is 10.8. The minimum Gasteiger partial charge on any atom is -0.356 e. The summed E-state index contributed by atoms with van der Waals surface area (Å²) in [5, 5.41) is 19.3. The Bertz CT molecular complexity index is 2880. The van der Waals surface area contributed by atoms with Gasteiger partial charge in [0, 0.05) is 65.8 Å². The Hall–Kier alpha value is -7.96. The fraction of sp³-hybridized carbons (Fsp3) is 0. The van der Waals surface area contributed by atoms with E-state index in [1.54, 1.807) is 0 Å². The monoisotopic (exact) mass is 742 g/mol. The lowest BCUT2D eigenvalue weighted by atomic mass is 10.0. The van der Waals surface area contributed by atoms with Gasteiger partial charge in [-0.15, -0.1) is 0 Å². The summed E-state index contributed by atoms with van der Waals surface area (Å²) in [6.45, 7) is 0. The molecule has 0 aliphatic carbocycles. The molecule has 12 bridgehead atoms. The molecule has 14 aliphatic heterocycles. The van der Waals surface area contributed by atoms with Crippen LogP contribution in [0.2, 0.25) is 0 Å². The Morgan fingerprint density at radius 2 is 0.379 bits per heavy atom. The highest BCUT2D eigenvalue weighted by molar-refractivity contribution is 5.99. The number of hydrogen-bond donors (Lipinski definition) is 2. The molecule has 24 rings (SSSR count). The maximum atomic E-state index is 5.25. The van der Waals surface area contributed by atoms with Crippen molar-refractivity contribution in [1.82, 2.24) is 0 Å². The molecule has 10 aromatic rings. The zero-order valence-electron chi connectivity index (χ0n) is 31.3. The van der Waals surface area contributed by atoms with Crippen molar-refractivity contribution in [2.45, 2.75) is 0 Å². The van der Waals surface area contributed by atoms with Gasteiger partial charge in [0.1, 0.15) is 0 Å². The molecule has 6 heteroatoms. The van der Waals surface area contributed by atoms with Gasteiger partial charge in [-0.1, -0.05) is 97.1 Å². The van der Waals surface area contributed by atoms with E-state index in [1.807, 2.05) is 0 Å². The highest BCUT2D eigenvalue weighted by atomic mass is 14.9. The van der Waals surface area contributed by atoms with Crippen LogP contribution >= 0.6 is 0 Å². The fourth-order valence-electron chi connectivity index (χ4n) is 7.97. The molecule has 0 saturated heterocycles. The number of fused-ring (bicyclic) bond motifs is 1. The van der Waals surface area contributed by atoms with E-state index in [0.29, 0.717) is 0 Å². The highest BCUT2D eigenvalue weighted by Gasteiger charge is 2.11. The number of nitrogens with one attached hydrogen (secondary N) is 2. The predicted octanol–water partition coefficient (Wildman–Crippen LogP) is 11.9. The molecule has 14 heterocycles. The van der Waals surface area contributed by atoms with Crippen molar-refractivity contribution in [3.8, 4) is 0 Å². The minimum absolute atomic E-state index is 0.871. The van der Waals surface area contributed by atoms with Crippen LogP contribution in [0, 0.1) is 0 Å². The average molecular weight is 743 g/mol. The molecular weight excluding hydrogens is 709 g/mol. The zero-order valence-corrected chi connectivity index (χ0v) is 31.3. The molecule has 0 amide bonds. The van der Waals surface area contributed by atoms with Gasteiger partial charge in [-0.2, -0.15) is 0 Å². The second-order valence-electron chi connectivity index (χ2n) is 14.5. The van der Waals surface area contributed by atoms with Gasteiger partial charge in [0.15, 0.2) is 0 Å². The molecule has 0 saturated carbocycles. The number of anilines is 4. The van der Waals surface area contributed by atoms with Crippen molar-refractivity contribution < 1.29 is 0 Å². The van der Waals surface area contributed by atoms with Crippen molar-refractivity contribution >= 4 is 88.6 Å². The molecule has 0 aromatic heterocycles. The van der Waals surface area contributed by atoms with Crippen molar-refractivity contribution in [3.63, 3.8) is 0 Å². The van der Waals surface area contributed by atoms with Crippen molar-refractivity contribution in [3.05, 3.63) is 216 Å². The van der Waals surface area contributed by atoms with Gasteiger partial charge in [-0.05, 0) is 97.1 Å². The number of hydrogen-bond acceptors (Lipinski definition) is 6. The topological polar surface area (TPSA) is 73.5 Å². The first kappa shape index (κ1) is 33.4. The van der Waals surface area contributed by atoms with E-state index in [-0.39, 0.29) is 0 Å². The van der Waals surface area contributed by atoms with Crippen LogP contribution in [0.25, 0.3) is 43.1 Å². The van der Waals surface area contributed by atoms with Crippen molar-refractivity contribution in [1.29, 1.82) is 0 Å². The average Bonchev–Trinajstić information content (AvgIpc) is 3.28. The molecule has 0 radical (unpaired) electrons. The van der Waals surface area contributed by atoms with E-state index in [0.717, 1.165) is 110 Å². The van der Waals surface area contributed by atoms with Crippen LogP contribution in [0.5, 0.6) is 0 Å². The van der Waals surface area contributed by atoms with Crippen LogP contribution in [-0.4, -0.2) is 0 Å². The van der Waals surface area contributed by atoms with Crippen LogP contribution in [0.1, 0.15) is 0 Å². The summed E-state index contributed by atoms with van der Waals surface area (Å²) in [5.41, 5.74) is 7.37. The van der Waals surface area contributed by atoms with Crippen LogP contribution in [0.15, 0.2) is 214 Å². The lowest BCUT2D eigenvalue weighted by Crippen LogP contribution is -2.15. The molecule has 10 aromatic carbocycles. The Balaban J connectivity index is 1.10. The van der Waals surface area contributed by atoms with E-state index >= 15 is 0 Å². The van der Waals surface area contributed by atoms with E-state index in [1.165, 1.54) is 0 Å². The summed E-state index contributed by atoms with van der Waals surface area (Å²) in [5.74, 6) is 0. The SMILES string of the molecule is c1ccc2c3c4ccccc4c(c2c1)=Nc1ccc(cc1)Nc1ccc(cc1)N=c1c2ccccc2c(c2ccccc12)=Nc1ccc(cc1)Nc1ccc(cc1)N=3. The summed E-state index contributed by atoms with van der Waals surface area (Å²) in [4.78, 5) is 21.0. The summed E-state index contributed by atoms with van der Waals surface area (Å²) < 4.78 is 0. The molecule has 0 fully saturated rings. The van der Waals surface area contributed by atoms with E-state index < -0.39 is 0 Å². The Morgan fingerprint density at radius 1 is 0.207 bits per heavy atom. The molecule has 58 heavy (non-hydrogen) atoms. The van der Waals surface area contributed by atoms with Gasteiger partial charge < -0.3 is 10.6 Å². The Kier molecular flexibility index (Phi) is 8.04. The smallest absolute Gasteiger partial charge is 0.0795 e. The predicted molar refractivity (Wildman–Crippen MR) is 239 cm³/mol. The van der Waals surface area contributed by atoms with E-state index in [9.17, 15) is 0 Å². The number of benzene rings is 10. The van der Waals surface area contributed by atoms with Crippen LogP contribution in [-0.2, 0) is 0 Å². The number of rotatable bonds is 0. The standard InChI is InChI=1S/C52H34N6/c1-2-10-42-41(9-1)49-43-11-3-4-12-44(43)50(42)56-38-27-19-34(20-28-38)54-36-23-31-40(32-24-36)58-52-47-15-7-5-13-45(47)51(46-14-6-8-16-48(46)52)57-39-29-21-35(22-30-39)53-33-17-25-37(55-49)26-18-33/h1-32,53-54H. The minimum atomic E-state index is 0.871. The van der Waals surface area contributed by atoms with Gasteiger partial charge in [-0.3, -0.25) is 0 Å². The van der Waals surface area contributed by atoms with Gasteiger partial charge in [-0.25, -0.2) is 20.0 Å². The van der Waals surface area contributed by atoms with Crippen LogP contribution in [0.3, 0.4) is 0 Å². The van der Waals surface area contributed by atoms with Crippen molar-refractivity contribution in [2.75, 3.05) is 10.6 Å². The van der Waals surface area contributed by atoms with Gasteiger partial charge >= 0.3 is 0 Å². The largest absolute Gasteiger partial charge is 0.356 e. The molecule has 0 atom stereocenters. The first-order valence-corrected chi connectivity index (χ1v) is 19.4. The first-order valence-electron chi connectivity index (χ1n) is 19.4. The fourth-order valence-corrected chi connectivity index (χ4v) is 7.97. The summed E-state index contributed by atoms with van der Waals surface area (Å²) in [7, 11) is 0. The first-order chi connectivity index (χ1) is 28.7. The van der Waals surface area contributed by atoms with Crippen LogP contribution < -0.4 is 32.1 Å². The normalized spacial score (nSPS) is 12.3. The van der Waals surface area contributed by atoms with Gasteiger partial charge in [0.2, 0.25) is 0 Å². The third-order valence-electron chi connectivity index (χ3n) is 10.8. The second-order valence-corrected chi connectivity index (χ2v) is 14.5. The van der Waals surface area contributed by atoms with E-state index in [4.69, 9.17) is 20.0 Å². The van der Waals surface area contributed by atoms with Crippen LogP contribution in [0.4, 0.5) is 45.5 Å². The lowest BCUT2D eigenvalue weighted by molar-refractivity contribution is 1.36. The Labute approximate surface area is 333 Å². The van der Waals surface area contributed by atoms with E-state index in [2.05, 4.69) is 205 Å². The molecule has 2 N–H and O–H groups in total. The second kappa shape index (κ2) is 14.0.